The Morgan fingerprint density at radius 1 is 1.03 bits per heavy atom. The summed E-state index contributed by atoms with van der Waals surface area (Å²) in [6.07, 6.45) is 0.535. The molecule has 184 valence electrons. The summed E-state index contributed by atoms with van der Waals surface area (Å²) >= 11 is 18.5. The van der Waals surface area contributed by atoms with Gasteiger partial charge in [-0.3, -0.25) is 4.79 Å². The maximum atomic E-state index is 14.3. The summed E-state index contributed by atoms with van der Waals surface area (Å²) in [5.74, 6) is 0.0846. The molecule has 1 saturated heterocycles. The van der Waals surface area contributed by atoms with E-state index in [-0.39, 0.29) is 46.9 Å². The summed E-state index contributed by atoms with van der Waals surface area (Å²) < 4.78 is 43.0. The van der Waals surface area contributed by atoms with Crippen LogP contribution in [-0.4, -0.2) is 25.2 Å². The van der Waals surface area contributed by atoms with Crippen LogP contribution in [0.25, 0.3) is 0 Å². The standard InChI is InChI=1S/C25H26Cl3F3N2O/c26-19-10-18(11-20(27)12-19)24(25(29,30)31)8-9-33(15-24)21-7-6-17(22(28)13-21)14-32-23(34)16-4-2-1-3-5-16/h6-7,10-13,16H,1-5,8-9,14-15H2,(H,32,34). The van der Waals surface area contributed by atoms with E-state index in [1.165, 1.54) is 24.6 Å². The van der Waals surface area contributed by atoms with Crippen LogP contribution in [0.15, 0.2) is 36.4 Å². The molecule has 1 aliphatic heterocycles. The van der Waals surface area contributed by atoms with Crippen molar-refractivity contribution in [3.05, 3.63) is 62.6 Å². The first-order valence-corrected chi connectivity index (χ1v) is 12.6. The Morgan fingerprint density at radius 2 is 1.71 bits per heavy atom. The fourth-order valence-corrected chi connectivity index (χ4v) is 5.83. The molecule has 0 bridgehead atoms. The molecule has 1 amide bonds. The topological polar surface area (TPSA) is 32.3 Å². The number of carbonyl (C=O) groups excluding carboxylic acids is 1. The molecular formula is C25H26Cl3F3N2O. The average molecular weight is 534 g/mol. The van der Waals surface area contributed by atoms with Gasteiger partial charge >= 0.3 is 6.18 Å². The Labute approximate surface area is 212 Å². The van der Waals surface area contributed by atoms with E-state index in [4.69, 9.17) is 34.8 Å². The highest BCUT2D eigenvalue weighted by atomic mass is 35.5. The third-order valence-electron chi connectivity index (χ3n) is 7.06. The highest BCUT2D eigenvalue weighted by molar-refractivity contribution is 6.34. The zero-order valence-corrected chi connectivity index (χ0v) is 20.8. The lowest BCUT2D eigenvalue weighted by molar-refractivity contribution is -0.184. The molecule has 1 N–H and O–H groups in total. The van der Waals surface area contributed by atoms with Gasteiger partial charge in [0.05, 0.1) is 0 Å². The fourth-order valence-electron chi connectivity index (χ4n) is 5.06. The lowest BCUT2D eigenvalue weighted by atomic mass is 9.79. The molecule has 1 atom stereocenters. The maximum absolute atomic E-state index is 14.3. The van der Waals surface area contributed by atoms with Crippen molar-refractivity contribution in [1.29, 1.82) is 0 Å². The van der Waals surface area contributed by atoms with Crippen LogP contribution in [0, 0.1) is 5.92 Å². The van der Waals surface area contributed by atoms with Gasteiger partial charge in [0.2, 0.25) is 5.91 Å². The quantitative estimate of drug-likeness (QED) is 0.430. The molecule has 2 aromatic carbocycles. The van der Waals surface area contributed by atoms with Gasteiger partial charge in [-0.1, -0.05) is 60.1 Å². The third kappa shape index (κ3) is 5.29. The van der Waals surface area contributed by atoms with E-state index in [1.807, 2.05) is 0 Å². The molecule has 4 rings (SSSR count). The molecular weight excluding hydrogens is 508 g/mol. The number of hydrogen-bond donors (Lipinski definition) is 1. The number of nitrogens with one attached hydrogen (secondary N) is 1. The predicted octanol–water partition coefficient (Wildman–Crippen LogP) is 7.55. The third-order valence-corrected chi connectivity index (χ3v) is 7.85. The Morgan fingerprint density at radius 3 is 2.32 bits per heavy atom. The van der Waals surface area contributed by atoms with Crippen LogP contribution in [-0.2, 0) is 16.8 Å². The monoisotopic (exact) mass is 532 g/mol. The van der Waals surface area contributed by atoms with E-state index in [9.17, 15) is 18.0 Å². The molecule has 0 aromatic heterocycles. The lowest BCUT2D eigenvalue weighted by Crippen LogP contribution is -2.44. The van der Waals surface area contributed by atoms with Gasteiger partial charge in [-0.05, 0) is 60.7 Å². The van der Waals surface area contributed by atoms with E-state index >= 15 is 0 Å². The summed E-state index contributed by atoms with van der Waals surface area (Å²) in [7, 11) is 0. The van der Waals surface area contributed by atoms with Crippen molar-refractivity contribution in [2.45, 2.75) is 56.7 Å². The number of nitrogens with zero attached hydrogens (tertiary/aromatic N) is 1. The normalized spacial score (nSPS) is 21.6. The number of hydrogen-bond acceptors (Lipinski definition) is 2. The van der Waals surface area contributed by atoms with E-state index in [0.717, 1.165) is 31.2 Å². The molecule has 1 heterocycles. The Kier molecular flexibility index (Phi) is 7.61. The van der Waals surface area contributed by atoms with Gasteiger partial charge in [-0.15, -0.1) is 0 Å². The number of rotatable bonds is 5. The molecule has 0 radical (unpaired) electrons. The fraction of sp³-hybridized carbons (Fsp3) is 0.480. The predicted molar refractivity (Wildman–Crippen MR) is 131 cm³/mol. The van der Waals surface area contributed by atoms with Gasteiger partial charge < -0.3 is 10.2 Å². The molecule has 2 aromatic rings. The van der Waals surface area contributed by atoms with Crippen LogP contribution in [0.3, 0.4) is 0 Å². The molecule has 3 nitrogen and oxygen atoms in total. The summed E-state index contributed by atoms with van der Waals surface area (Å²) in [5.41, 5.74) is -0.682. The molecule has 0 spiro atoms. The molecule has 2 fully saturated rings. The van der Waals surface area contributed by atoms with Crippen molar-refractivity contribution < 1.29 is 18.0 Å². The van der Waals surface area contributed by atoms with Crippen LogP contribution < -0.4 is 10.2 Å². The van der Waals surface area contributed by atoms with Crippen molar-refractivity contribution in [2.75, 3.05) is 18.0 Å². The summed E-state index contributed by atoms with van der Waals surface area (Å²) in [6.45, 7) is 0.237. The van der Waals surface area contributed by atoms with Crippen LogP contribution in [0.2, 0.25) is 15.1 Å². The van der Waals surface area contributed by atoms with Gasteiger partial charge in [0, 0.05) is 46.3 Å². The smallest absolute Gasteiger partial charge is 0.370 e. The van der Waals surface area contributed by atoms with E-state index < -0.39 is 11.6 Å². The second kappa shape index (κ2) is 10.2. The van der Waals surface area contributed by atoms with Crippen molar-refractivity contribution in [3.8, 4) is 0 Å². The Balaban J connectivity index is 1.49. The average Bonchev–Trinajstić information content (AvgIpc) is 3.25. The molecule has 9 heteroatoms. The first-order valence-electron chi connectivity index (χ1n) is 11.4. The summed E-state index contributed by atoms with van der Waals surface area (Å²) in [4.78, 5) is 14.1. The lowest BCUT2D eigenvalue weighted by Gasteiger charge is -2.33. The van der Waals surface area contributed by atoms with Crippen LogP contribution >= 0.6 is 34.8 Å². The zero-order chi connectivity index (χ0) is 24.5. The van der Waals surface area contributed by atoms with Gasteiger partial charge in [0.25, 0.3) is 0 Å². The largest absolute Gasteiger partial charge is 0.400 e. The number of alkyl halides is 3. The highest BCUT2D eigenvalue weighted by Gasteiger charge is 2.59. The summed E-state index contributed by atoms with van der Waals surface area (Å²) in [6, 6.07) is 9.30. The minimum Gasteiger partial charge on any atom is -0.370 e. The first kappa shape index (κ1) is 25.5. The number of anilines is 1. The van der Waals surface area contributed by atoms with E-state index in [2.05, 4.69) is 5.32 Å². The number of benzene rings is 2. The molecule has 1 unspecified atom stereocenters. The SMILES string of the molecule is O=C(NCc1ccc(N2CCC(c3cc(Cl)cc(Cl)c3)(C(F)(F)F)C2)cc1Cl)C1CCCCC1. The Hall–Kier alpha value is -1.63. The highest BCUT2D eigenvalue weighted by Crippen LogP contribution is 2.49. The second-order valence-corrected chi connectivity index (χ2v) is 10.5. The maximum Gasteiger partial charge on any atom is 0.400 e. The van der Waals surface area contributed by atoms with Crippen molar-refractivity contribution in [2.24, 2.45) is 5.92 Å². The van der Waals surface area contributed by atoms with E-state index in [1.54, 1.807) is 23.1 Å². The molecule has 2 aliphatic rings. The number of amides is 1. The van der Waals surface area contributed by atoms with Crippen LogP contribution in [0.1, 0.15) is 49.7 Å². The van der Waals surface area contributed by atoms with Gasteiger partial charge in [0.15, 0.2) is 0 Å². The van der Waals surface area contributed by atoms with Crippen molar-refractivity contribution >= 4 is 46.4 Å². The first-order chi connectivity index (χ1) is 16.1. The van der Waals surface area contributed by atoms with E-state index in [0.29, 0.717) is 17.3 Å². The van der Waals surface area contributed by atoms with Gasteiger partial charge in [0.1, 0.15) is 5.41 Å². The van der Waals surface area contributed by atoms with Crippen LogP contribution in [0.5, 0.6) is 0 Å². The summed E-state index contributed by atoms with van der Waals surface area (Å²) in [5, 5.41) is 3.71. The van der Waals surface area contributed by atoms with Crippen LogP contribution in [0.4, 0.5) is 18.9 Å². The molecule has 1 aliphatic carbocycles. The zero-order valence-electron chi connectivity index (χ0n) is 18.5. The number of halogens is 6. The Bertz CT molecular complexity index is 1040. The van der Waals surface area contributed by atoms with Crippen molar-refractivity contribution in [1.82, 2.24) is 5.32 Å². The second-order valence-electron chi connectivity index (χ2n) is 9.24. The number of carbonyl (C=O) groups is 1. The molecule has 34 heavy (non-hydrogen) atoms. The van der Waals surface area contributed by atoms with Gasteiger partial charge in [-0.25, -0.2) is 0 Å². The van der Waals surface area contributed by atoms with Crippen molar-refractivity contribution in [3.63, 3.8) is 0 Å². The molecule has 1 saturated carbocycles. The van der Waals surface area contributed by atoms with Gasteiger partial charge in [-0.2, -0.15) is 13.2 Å². The minimum absolute atomic E-state index is 0.0366. The minimum atomic E-state index is -4.48.